The molecule has 0 atom stereocenters. The van der Waals surface area contributed by atoms with E-state index in [2.05, 4.69) is 5.32 Å². The minimum Gasteiger partial charge on any atom is -0.346 e. The number of nitrogens with one attached hydrogen (secondary N) is 1. The molecule has 0 fully saturated rings. The van der Waals surface area contributed by atoms with Crippen LogP contribution in [0.15, 0.2) is 59.5 Å². The maximum atomic E-state index is 13.2. The number of anilines is 1. The maximum absolute atomic E-state index is 13.2. The van der Waals surface area contributed by atoms with Crippen molar-refractivity contribution in [2.24, 2.45) is 5.73 Å². The van der Waals surface area contributed by atoms with Gasteiger partial charge < -0.3 is 11.1 Å². The molecule has 0 bridgehead atoms. The smallest absolute Gasteiger partial charge is 0.277 e. The largest absolute Gasteiger partial charge is 0.346 e. The van der Waals surface area contributed by atoms with Crippen LogP contribution in [0.4, 0.5) is 14.5 Å². The summed E-state index contributed by atoms with van der Waals surface area (Å²) in [7, 11) is -3.92. The Morgan fingerprint density at radius 1 is 1.15 bits per heavy atom. The molecule has 0 aliphatic carbocycles. The molecule has 0 aliphatic rings. The first-order chi connectivity index (χ1) is 12.7. The topological polar surface area (TPSA) is 92.5 Å². The number of amides is 1. The van der Waals surface area contributed by atoms with Gasteiger partial charge in [-0.3, -0.25) is 9.10 Å². The number of halogens is 2. The lowest BCUT2D eigenvalue weighted by Gasteiger charge is -2.23. The number of nitrogens with two attached hydrogens (primary N) is 1. The first-order valence-corrected chi connectivity index (χ1v) is 9.69. The summed E-state index contributed by atoms with van der Waals surface area (Å²) < 4.78 is 53.5. The summed E-state index contributed by atoms with van der Waals surface area (Å²) in [5.74, 6) is -4.03. The average Bonchev–Trinajstić information content (AvgIpc) is 2.67. The predicted molar refractivity (Wildman–Crippen MR) is 99.4 cm³/mol. The first kappa shape index (κ1) is 20.8. The molecule has 3 N–H and O–H groups in total. The van der Waals surface area contributed by atoms with Gasteiger partial charge in [0.25, 0.3) is 21.9 Å². The minimum atomic E-state index is -3.92. The zero-order valence-corrected chi connectivity index (χ0v) is 15.5. The third kappa shape index (κ3) is 5.01. The molecule has 0 aliphatic heterocycles. The van der Waals surface area contributed by atoms with Crippen molar-refractivity contribution in [2.45, 2.75) is 17.7 Å². The second-order valence-corrected chi connectivity index (χ2v) is 7.64. The standard InChI is InChI=1S/C18H21F2N3O3S/c1-2-23(15-8-4-3-5-9-15)27(25,26)16-10-6-7-14(11-16)17(24)22-13-18(19,20)12-21/h3-11H,2,12-13,21H2,1H3,(H,22,24). The highest BCUT2D eigenvalue weighted by atomic mass is 32.2. The van der Waals surface area contributed by atoms with E-state index in [4.69, 9.17) is 5.73 Å². The first-order valence-electron chi connectivity index (χ1n) is 8.25. The van der Waals surface area contributed by atoms with Gasteiger partial charge in [-0.1, -0.05) is 24.3 Å². The molecule has 0 heterocycles. The van der Waals surface area contributed by atoms with Crippen LogP contribution in [0.1, 0.15) is 17.3 Å². The monoisotopic (exact) mass is 397 g/mol. The molecular formula is C18H21F2N3O3S. The molecule has 0 aromatic heterocycles. The number of alkyl halides is 2. The molecule has 0 unspecified atom stereocenters. The van der Waals surface area contributed by atoms with E-state index in [1.165, 1.54) is 22.5 Å². The highest BCUT2D eigenvalue weighted by molar-refractivity contribution is 7.92. The van der Waals surface area contributed by atoms with E-state index in [-0.39, 0.29) is 17.0 Å². The van der Waals surface area contributed by atoms with Crippen LogP contribution < -0.4 is 15.4 Å². The van der Waals surface area contributed by atoms with Gasteiger partial charge >= 0.3 is 0 Å². The fourth-order valence-corrected chi connectivity index (χ4v) is 3.91. The molecule has 27 heavy (non-hydrogen) atoms. The number of para-hydroxylation sites is 1. The van der Waals surface area contributed by atoms with Crippen LogP contribution in [-0.2, 0) is 10.0 Å². The summed E-state index contributed by atoms with van der Waals surface area (Å²) in [5, 5.41) is 2.07. The Kier molecular flexibility index (Phi) is 6.50. The molecule has 146 valence electrons. The molecular weight excluding hydrogens is 376 g/mol. The second kappa shape index (κ2) is 8.45. The Morgan fingerprint density at radius 2 is 1.81 bits per heavy atom. The molecule has 6 nitrogen and oxygen atoms in total. The molecule has 0 saturated carbocycles. The van der Waals surface area contributed by atoms with Gasteiger partial charge in [0.15, 0.2) is 0 Å². The number of benzene rings is 2. The quantitative estimate of drug-likeness (QED) is 0.714. The van der Waals surface area contributed by atoms with Crippen LogP contribution in [0.2, 0.25) is 0 Å². The Balaban J connectivity index is 2.29. The van der Waals surface area contributed by atoms with Crippen molar-refractivity contribution in [2.75, 3.05) is 23.9 Å². The number of nitrogens with zero attached hydrogens (tertiary/aromatic N) is 1. The van der Waals surface area contributed by atoms with Crippen LogP contribution in [0.5, 0.6) is 0 Å². The van der Waals surface area contributed by atoms with Gasteiger partial charge in [-0.2, -0.15) is 0 Å². The number of carbonyl (C=O) groups excluding carboxylic acids is 1. The molecule has 1 amide bonds. The summed E-state index contributed by atoms with van der Waals surface area (Å²) in [4.78, 5) is 12.0. The molecule has 0 spiro atoms. The van der Waals surface area contributed by atoms with Crippen LogP contribution in [0.3, 0.4) is 0 Å². The van der Waals surface area contributed by atoms with Crippen molar-refractivity contribution < 1.29 is 22.0 Å². The molecule has 9 heteroatoms. The minimum absolute atomic E-state index is 0.0342. The van der Waals surface area contributed by atoms with E-state index >= 15 is 0 Å². The number of sulfonamides is 1. The fraction of sp³-hybridized carbons (Fsp3) is 0.278. The van der Waals surface area contributed by atoms with Crippen LogP contribution in [0.25, 0.3) is 0 Å². The highest BCUT2D eigenvalue weighted by Gasteiger charge is 2.28. The Morgan fingerprint density at radius 3 is 2.41 bits per heavy atom. The molecule has 2 aromatic carbocycles. The van der Waals surface area contributed by atoms with Crippen molar-refractivity contribution in [3.05, 3.63) is 60.2 Å². The highest BCUT2D eigenvalue weighted by Crippen LogP contribution is 2.23. The average molecular weight is 397 g/mol. The Labute approximate surface area is 157 Å². The van der Waals surface area contributed by atoms with Gasteiger partial charge in [0, 0.05) is 12.1 Å². The summed E-state index contributed by atoms with van der Waals surface area (Å²) in [5.41, 5.74) is 5.38. The van der Waals surface area contributed by atoms with Crippen molar-refractivity contribution in [3.63, 3.8) is 0 Å². The zero-order chi connectivity index (χ0) is 20.1. The molecule has 0 saturated heterocycles. The summed E-state index contributed by atoms with van der Waals surface area (Å²) in [6.07, 6.45) is 0. The van der Waals surface area contributed by atoms with Crippen molar-refractivity contribution in [1.82, 2.24) is 5.32 Å². The van der Waals surface area contributed by atoms with E-state index in [1.807, 2.05) is 0 Å². The van der Waals surface area contributed by atoms with E-state index in [0.29, 0.717) is 5.69 Å². The van der Waals surface area contributed by atoms with E-state index in [9.17, 15) is 22.0 Å². The number of carbonyl (C=O) groups is 1. The van der Waals surface area contributed by atoms with Gasteiger partial charge in [-0.15, -0.1) is 0 Å². The predicted octanol–water partition coefficient (Wildman–Crippen LogP) is 2.23. The lowest BCUT2D eigenvalue weighted by atomic mass is 10.2. The lowest BCUT2D eigenvalue weighted by molar-refractivity contribution is 0.0118. The van der Waals surface area contributed by atoms with Crippen molar-refractivity contribution in [3.8, 4) is 0 Å². The molecule has 2 aromatic rings. The Bertz CT molecular complexity index is 890. The summed E-state index contributed by atoms with van der Waals surface area (Å²) >= 11 is 0. The third-order valence-electron chi connectivity index (χ3n) is 3.82. The van der Waals surface area contributed by atoms with Gasteiger partial charge in [0.2, 0.25) is 0 Å². The maximum Gasteiger partial charge on any atom is 0.277 e. The summed E-state index contributed by atoms with van der Waals surface area (Å²) in [6.45, 7) is 0.0517. The van der Waals surface area contributed by atoms with E-state index < -0.39 is 34.9 Å². The number of rotatable bonds is 8. The molecule has 0 radical (unpaired) electrons. The van der Waals surface area contributed by atoms with Gasteiger partial charge in [0.05, 0.1) is 23.7 Å². The van der Waals surface area contributed by atoms with Crippen LogP contribution in [0, 0.1) is 0 Å². The van der Waals surface area contributed by atoms with Crippen molar-refractivity contribution >= 4 is 21.6 Å². The van der Waals surface area contributed by atoms with Gasteiger partial charge in [-0.25, -0.2) is 17.2 Å². The van der Waals surface area contributed by atoms with Crippen LogP contribution >= 0.6 is 0 Å². The summed E-state index contributed by atoms with van der Waals surface area (Å²) in [6, 6.07) is 13.8. The van der Waals surface area contributed by atoms with E-state index in [0.717, 1.165) is 6.07 Å². The van der Waals surface area contributed by atoms with Crippen LogP contribution in [-0.4, -0.2) is 39.9 Å². The second-order valence-electron chi connectivity index (χ2n) is 5.78. The lowest BCUT2D eigenvalue weighted by Crippen LogP contribution is -2.41. The Hall–Kier alpha value is -2.52. The van der Waals surface area contributed by atoms with E-state index in [1.54, 1.807) is 37.3 Å². The SMILES string of the molecule is CCN(c1ccccc1)S(=O)(=O)c1cccc(C(=O)NCC(F)(F)CN)c1. The number of hydrogen-bond acceptors (Lipinski definition) is 4. The number of hydrogen-bond donors (Lipinski definition) is 2. The van der Waals surface area contributed by atoms with Gasteiger partial charge in [0.1, 0.15) is 0 Å². The molecule has 2 rings (SSSR count). The third-order valence-corrected chi connectivity index (χ3v) is 5.72. The van der Waals surface area contributed by atoms with Crippen molar-refractivity contribution in [1.29, 1.82) is 0 Å². The van der Waals surface area contributed by atoms with Gasteiger partial charge in [-0.05, 0) is 37.3 Å². The fourth-order valence-electron chi connectivity index (χ4n) is 2.39. The zero-order valence-electron chi connectivity index (χ0n) is 14.7. The normalized spacial score (nSPS) is 11.9.